The molecule has 7 rings (SSSR count). The first kappa shape index (κ1) is 34.2. The summed E-state index contributed by atoms with van der Waals surface area (Å²) in [4.78, 5) is 43.4. The Kier molecular flexibility index (Phi) is 9.64. The second kappa shape index (κ2) is 14.9. The molecule has 0 unspecified atom stereocenters. The number of esters is 2. The molecule has 0 N–H and O–H groups in total. The Morgan fingerprint density at radius 3 is 1.53 bits per heavy atom. The van der Waals surface area contributed by atoms with Crippen LogP contribution in [0.15, 0.2) is 133 Å². The number of carbonyl (C=O) groups excluding carboxylic acids is 2. The lowest BCUT2D eigenvalue weighted by Crippen LogP contribution is -2.01. The van der Waals surface area contributed by atoms with Crippen molar-refractivity contribution in [3.63, 3.8) is 0 Å². The third-order valence-corrected chi connectivity index (χ3v) is 8.35. The summed E-state index contributed by atoms with van der Waals surface area (Å²) in [6.07, 6.45) is 11.2. The van der Waals surface area contributed by atoms with E-state index < -0.39 is 5.97 Å². The zero-order chi connectivity index (χ0) is 36.9. The van der Waals surface area contributed by atoms with Gasteiger partial charge in [-0.25, -0.2) is 19.9 Å². The summed E-state index contributed by atoms with van der Waals surface area (Å²) >= 11 is 0. The number of benzene rings is 5. The van der Waals surface area contributed by atoms with Crippen LogP contribution in [0.1, 0.15) is 26.5 Å². The van der Waals surface area contributed by atoms with Crippen molar-refractivity contribution in [1.29, 1.82) is 0 Å². The molecule has 2 aromatic heterocycles. The molecule has 0 bridgehead atoms. The second-order valence-electron chi connectivity index (χ2n) is 12.1. The number of ether oxygens (including phenoxy) is 2. The van der Waals surface area contributed by atoms with Gasteiger partial charge in [0, 0.05) is 36.1 Å². The molecule has 5 aromatic carbocycles. The molecule has 0 atom stereocenters. The number of allylic oxidation sites excluding steroid dienone is 4. The molecule has 53 heavy (non-hydrogen) atoms. The van der Waals surface area contributed by atoms with Gasteiger partial charge in [0.25, 0.3) is 0 Å². The summed E-state index contributed by atoms with van der Waals surface area (Å²) in [5, 5.41) is 0. The van der Waals surface area contributed by atoms with Crippen molar-refractivity contribution in [1.82, 2.24) is 19.9 Å². The maximum absolute atomic E-state index is 11.5. The fourth-order valence-electron chi connectivity index (χ4n) is 6.03. The monoisotopic (exact) mass is 692 g/mol. The van der Waals surface area contributed by atoms with Gasteiger partial charge in [0.05, 0.1) is 44.8 Å². The number of rotatable bonds is 8. The Labute approximate surface area is 306 Å². The number of terminal acetylenes is 1. The topological polar surface area (TPSA) is 104 Å². The van der Waals surface area contributed by atoms with Gasteiger partial charge in [0.2, 0.25) is 0 Å². The number of hydrogen-bond acceptors (Lipinski definition) is 8. The SMILES string of the molecule is C#C/C=C(\C=C/C)c1nc2ccc(-c3ccc4nc(-c5ccccc5)c(-c5ccc(OC(C)=O)cc5)nc4c3)cc2nc1-c1ccc(OC(C)=O)cc1. The lowest BCUT2D eigenvalue weighted by Gasteiger charge is -2.13. The first-order valence-electron chi connectivity index (χ1n) is 16.9. The van der Waals surface area contributed by atoms with Gasteiger partial charge < -0.3 is 9.47 Å². The van der Waals surface area contributed by atoms with Crippen LogP contribution >= 0.6 is 0 Å². The van der Waals surface area contributed by atoms with Gasteiger partial charge in [-0.15, -0.1) is 6.42 Å². The van der Waals surface area contributed by atoms with E-state index in [0.717, 1.165) is 44.6 Å². The minimum Gasteiger partial charge on any atom is -0.427 e. The zero-order valence-electron chi connectivity index (χ0n) is 29.2. The van der Waals surface area contributed by atoms with Gasteiger partial charge >= 0.3 is 11.9 Å². The number of aromatic nitrogens is 4. The van der Waals surface area contributed by atoms with Gasteiger partial charge in [-0.05, 0) is 96.9 Å². The van der Waals surface area contributed by atoms with E-state index in [-0.39, 0.29) is 5.97 Å². The molecule has 0 aliphatic heterocycles. The standard InChI is InChI=1S/C45H32N4O4/c1-5-10-30(11-6-2)42-44(32-14-20-36(21-15-32)52-28(3)50)48-40-26-34(18-24-38(40)46-42)35-19-25-39-41(27-35)49-45(43(47-39)31-12-8-7-9-13-31)33-16-22-37(23-17-33)53-29(4)51/h1,6-27H,2-4H3/b11-6-,30-10+. The molecule has 8 heteroatoms. The van der Waals surface area contributed by atoms with Crippen LogP contribution < -0.4 is 9.47 Å². The summed E-state index contributed by atoms with van der Waals surface area (Å²) in [6, 6.07) is 36.3. The number of fused-ring (bicyclic) bond motifs is 2. The van der Waals surface area contributed by atoms with E-state index in [4.69, 9.17) is 35.8 Å². The summed E-state index contributed by atoms with van der Waals surface area (Å²) in [7, 11) is 0. The Bertz CT molecular complexity index is 2620. The average molecular weight is 693 g/mol. The van der Waals surface area contributed by atoms with E-state index >= 15 is 0 Å². The molecular weight excluding hydrogens is 661 g/mol. The Morgan fingerprint density at radius 2 is 1.02 bits per heavy atom. The maximum atomic E-state index is 11.5. The van der Waals surface area contributed by atoms with Crippen molar-refractivity contribution in [3.8, 4) is 68.7 Å². The van der Waals surface area contributed by atoms with Crippen LogP contribution in [0.2, 0.25) is 0 Å². The molecular formula is C45H32N4O4. The molecule has 0 aliphatic carbocycles. The Balaban J connectivity index is 1.34. The molecule has 7 aromatic rings. The highest BCUT2D eigenvalue weighted by molar-refractivity contribution is 5.92. The van der Waals surface area contributed by atoms with Crippen LogP contribution in [0.4, 0.5) is 0 Å². The van der Waals surface area contributed by atoms with Crippen LogP contribution in [-0.2, 0) is 9.59 Å². The summed E-state index contributed by atoms with van der Waals surface area (Å²) in [5.74, 6) is 2.73. The Morgan fingerprint density at radius 1 is 0.566 bits per heavy atom. The highest BCUT2D eigenvalue weighted by atomic mass is 16.5. The highest BCUT2D eigenvalue weighted by Gasteiger charge is 2.17. The Hall–Kier alpha value is -7.24. The van der Waals surface area contributed by atoms with Crippen LogP contribution in [0.3, 0.4) is 0 Å². The van der Waals surface area contributed by atoms with E-state index in [9.17, 15) is 9.59 Å². The smallest absolute Gasteiger partial charge is 0.308 e. The van der Waals surface area contributed by atoms with Crippen molar-refractivity contribution in [2.24, 2.45) is 0 Å². The largest absolute Gasteiger partial charge is 0.427 e. The lowest BCUT2D eigenvalue weighted by molar-refractivity contribution is -0.132. The lowest BCUT2D eigenvalue weighted by atomic mass is 10.0. The summed E-state index contributed by atoms with van der Waals surface area (Å²) in [6.45, 7) is 4.65. The fraction of sp³-hybridized carbons (Fsp3) is 0.0667. The van der Waals surface area contributed by atoms with Gasteiger partial charge in [0.15, 0.2) is 0 Å². The third-order valence-electron chi connectivity index (χ3n) is 8.35. The van der Waals surface area contributed by atoms with Crippen molar-refractivity contribution < 1.29 is 19.1 Å². The molecule has 0 aliphatic rings. The minimum atomic E-state index is -0.397. The van der Waals surface area contributed by atoms with Crippen LogP contribution in [0.25, 0.3) is 72.5 Å². The molecule has 0 radical (unpaired) electrons. The molecule has 0 saturated heterocycles. The van der Waals surface area contributed by atoms with E-state index in [2.05, 4.69) is 5.92 Å². The van der Waals surface area contributed by atoms with Gasteiger partial charge in [-0.3, -0.25) is 9.59 Å². The fourth-order valence-corrected chi connectivity index (χ4v) is 6.03. The van der Waals surface area contributed by atoms with Crippen LogP contribution in [0.5, 0.6) is 11.5 Å². The molecule has 8 nitrogen and oxygen atoms in total. The van der Waals surface area contributed by atoms with Gasteiger partial charge in [-0.2, -0.15) is 0 Å². The van der Waals surface area contributed by atoms with E-state index in [1.165, 1.54) is 13.8 Å². The van der Waals surface area contributed by atoms with Crippen molar-refractivity contribution in [2.75, 3.05) is 0 Å². The van der Waals surface area contributed by atoms with E-state index in [1.807, 2.05) is 110 Å². The molecule has 0 amide bonds. The number of hydrogen-bond donors (Lipinski definition) is 0. The predicted molar refractivity (Wildman–Crippen MR) is 209 cm³/mol. The quantitative estimate of drug-likeness (QED) is 0.0671. The minimum absolute atomic E-state index is 0.383. The molecule has 0 fully saturated rings. The third kappa shape index (κ3) is 7.46. The average Bonchev–Trinajstić information content (AvgIpc) is 3.17. The summed E-state index contributed by atoms with van der Waals surface area (Å²) in [5.41, 5.74) is 10.7. The van der Waals surface area contributed by atoms with Crippen LogP contribution in [0, 0.1) is 12.3 Å². The van der Waals surface area contributed by atoms with Crippen molar-refractivity contribution >= 4 is 39.6 Å². The van der Waals surface area contributed by atoms with Crippen LogP contribution in [-0.4, -0.2) is 31.9 Å². The zero-order valence-corrected chi connectivity index (χ0v) is 29.2. The first-order chi connectivity index (χ1) is 25.8. The summed E-state index contributed by atoms with van der Waals surface area (Å²) < 4.78 is 10.5. The number of carbonyl (C=O) groups is 2. The normalized spacial score (nSPS) is 11.5. The highest BCUT2D eigenvalue weighted by Crippen LogP contribution is 2.35. The second-order valence-corrected chi connectivity index (χ2v) is 12.1. The molecule has 2 heterocycles. The molecule has 256 valence electrons. The van der Waals surface area contributed by atoms with Gasteiger partial charge in [0.1, 0.15) is 11.5 Å². The molecule has 0 spiro atoms. The van der Waals surface area contributed by atoms with Gasteiger partial charge in [-0.1, -0.05) is 60.5 Å². The maximum Gasteiger partial charge on any atom is 0.308 e. The first-order valence-corrected chi connectivity index (χ1v) is 16.9. The van der Waals surface area contributed by atoms with Crippen molar-refractivity contribution in [2.45, 2.75) is 20.8 Å². The number of nitrogens with zero attached hydrogens (tertiary/aromatic N) is 4. The van der Waals surface area contributed by atoms with Crippen molar-refractivity contribution in [3.05, 3.63) is 139 Å². The predicted octanol–water partition coefficient (Wildman–Crippen LogP) is 9.68. The molecule has 0 saturated carbocycles. The van der Waals surface area contributed by atoms with E-state index in [1.54, 1.807) is 30.3 Å². The van der Waals surface area contributed by atoms with E-state index in [0.29, 0.717) is 45.1 Å².